The van der Waals surface area contributed by atoms with Crippen molar-refractivity contribution in [3.63, 3.8) is 0 Å². The minimum atomic E-state index is -5.19. The second-order valence-electron chi connectivity index (χ2n) is 6.19. The Kier molecular flexibility index (Phi) is 5.27. The zero-order valence-electron chi connectivity index (χ0n) is 14.2. The molecule has 0 unspecified atom stereocenters. The van der Waals surface area contributed by atoms with Crippen LogP contribution in [0.25, 0.3) is 0 Å². The van der Waals surface area contributed by atoms with Crippen molar-refractivity contribution in [3.8, 4) is 5.75 Å². The van der Waals surface area contributed by atoms with Gasteiger partial charge in [-0.05, 0) is 12.1 Å². The van der Waals surface area contributed by atoms with Crippen LogP contribution in [0.3, 0.4) is 0 Å². The Morgan fingerprint density at radius 1 is 1.32 bits per heavy atom. The van der Waals surface area contributed by atoms with E-state index in [2.05, 4.69) is 15.6 Å². The molecule has 4 rings (SSSR count). The minimum absolute atomic E-state index is 0.00517. The smallest absolute Gasteiger partial charge is 0.430 e. The van der Waals surface area contributed by atoms with Gasteiger partial charge in [-0.15, -0.1) is 0 Å². The van der Waals surface area contributed by atoms with Gasteiger partial charge in [-0.1, -0.05) is 0 Å². The molecule has 1 aromatic heterocycles. The standard InChI is InChI=1S/C13H14N4O4.C2HF3O2/c18-11-6-20-8-1-2-10(15-12(8)16-11)17-5-7-3-14-4-9(7)21-13(17)19;3-2(4,5)1(6)7/h1-2,7,9,14H,3-6H2,(H,15,16,18);(H,6,7)/t7-,9+;/m1./s1. The van der Waals surface area contributed by atoms with E-state index in [1.54, 1.807) is 12.1 Å². The van der Waals surface area contributed by atoms with Crippen LogP contribution in [-0.2, 0) is 14.3 Å². The Morgan fingerprint density at radius 3 is 2.71 bits per heavy atom. The van der Waals surface area contributed by atoms with Gasteiger partial charge in [0.1, 0.15) is 18.3 Å². The van der Waals surface area contributed by atoms with Gasteiger partial charge in [0.05, 0.1) is 12.5 Å². The number of hydrogen-bond donors (Lipinski definition) is 2. The summed E-state index contributed by atoms with van der Waals surface area (Å²) in [6, 6.07) is 3.41. The number of carboxylic acids is 1. The first kappa shape index (κ1) is 19.7. The molecule has 0 bridgehead atoms. The first-order valence-electron chi connectivity index (χ1n) is 8.17. The summed E-state index contributed by atoms with van der Waals surface area (Å²) in [4.78, 5) is 38.1. The van der Waals surface area contributed by atoms with Crippen molar-refractivity contribution < 1.29 is 47.5 Å². The van der Waals surface area contributed by atoms with E-state index in [4.69, 9.17) is 19.4 Å². The second-order valence-corrected chi connectivity index (χ2v) is 6.19. The van der Waals surface area contributed by atoms with Crippen LogP contribution in [0.15, 0.2) is 12.1 Å². The van der Waals surface area contributed by atoms with Crippen LogP contribution in [0.1, 0.15) is 0 Å². The molecular formula is C15H15F3N4O6. The summed E-state index contributed by atoms with van der Waals surface area (Å²) in [6.45, 7) is 2.34. The highest BCUT2D eigenvalue weighted by atomic mass is 19.4. The molecule has 152 valence electrons. The van der Waals surface area contributed by atoms with Gasteiger partial charge in [-0.3, -0.25) is 9.69 Å². The van der Waals surface area contributed by atoms with Gasteiger partial charge in [-0.2, -0.15) is 13.2 Å². The number of carbonyl (C=O) groups excluding carboxylic acids is 3. The number of aliphatic carboxylic acids is 1. The van der Waals surface area contributed by atoms with Crippen LogP contribution in [0.2, 0.25) is 0 Å². The molecule has 2 atom stereocenters. The number of fused-ring (bicyclic) bond motifs is 2. The van der Waals surface area contributed by atoms with Crippen LogP contribution in [0.5, 0.6) is 5.75 Å². The zero-order valence-corrected chi connectivity index (χ0v) is 14.2. The van der Waals surface area contributed by atoms with Crippen molar-refractivity contribution in [2.45, 2.75) is 12.3 Å². The quantitative estimate of drug-likeness (QED) is 0.565. The number of carbonyl (C=O) groups is 3. The van der Waals surface area contributed by atoms with Crippen molar-refractivity contribution in [2.75, 3.05) is 36.5 Å². The number of amides is 2. The van der Waals surface area contributed by atoms with Crippen LogP contribution < -0.4 is 25.4 Å². The SMILES string of the molecule is O=C([O-])C(F)(F)F.O=C1COc2ccc(N3C[C@H]4C[NH2+]C[C@@H]4OC3=O)nc2N1. The predicted octanol–water partition coefficient (Wildman–Crippen LogP) is -1.77. The van der Waals surface area contributed by atoms with E-state index in [-0.39, 0.29) is 24.7 Å². The lowest BCUT2D eigenvalue weighted by molar-refractivity contribution is -0.640. The van der Waals surface area contributed by atoms with Crippen molar-refractivity contribution in [2.24, 2.45) is 5.92 Å². The third kappa shape index (κ3) is 4.24. The second kappa shape index (κ2) is 7.50. The van der Waals surface area contributed by atoms with Gasteiger partial charge in [-0.25, -0.2) is 9.78 Å². The van der Waals surface area contributed by atoms with Crippen LogP contribution >= 0.6 is 0 Å². The molecule has 2 saturated heterocycles. The predicted molar refractivity (Wildman–Crippen MR) is 82.2 cm³/mol. The number of nitrogens with zero attached hydrogens (tertiary/aromatic N) is 2. The Bertz CT molecular complexity index is 802. The molecule has 13 heteroatoms. The maximum absolute atomic E-state index is 12.1. The number of ether oxygens (including phenoxy) is 2. The average molecular weight is 404 g/mol. The molecule has 0 aromatic carbocycles. The number of carboxylic acid groups (broad SMARTS) is 1. The highest BCUT2D eigenvalue weighted by molar-refractivity contribution is 5.95. The molecule has 3 aliphatic rings. The number of aromatic nitrogens is 1. The molecule has 3 N–H and O–H groups in total. The number of alkyl halides is 3. The van der Waals surface area contributed by atoms with Gasteiger partial charge in [0.2, 0.25) is 0 Å². The number of anilines is 2. The minimum Gasteiger partial charge on any atom is -0.542 e. The van der Waals surface area contributed by atoms with Gasteiger partial charge in [0.25, 0.3) is 5.91 Å². The Morgan fingerprint density at radius 2 is 2.04 bits per heavy atom. The number of nitrogens with two attached hydrogens (primary N) is 1. The van der Waals surface area contributed by atoms with Gasteiger partial charge in [0, 0.05) is 6.54 Å². The lowest BCUT2D eigenvalue weighted by Gasteiger charge is -2.32. The molecule has 0 aliphatic carbocycles. The van der Waals surface area contributed by atoms with E-state index < -0.39 is 12.1 Å². The lowest BCUT2D eigenvalue weighted by atomic mass is 10.0. The summed E-state index contributed by atoms with van der Waals surface area (Å²) in [5.74, 6) is -1.62. The fourth-order valence-electron chi connectivity index (χ4n) is 2.95. The van der Waals surface area contributed by atoms with Crippen molar-refractivity contribution in [3.05, 3.63) is 12.1 Å². The number of quaternary nitrogens is 1. The third-order valence-electron chi connectivity index (χ3n) is 4.25. The summed E-state index contributed by atoms with van der Waals surface area (Å²) >= 11 is 0. The number of nitrogens with one attached hydrogen (secondary N) is 1. The number of rotatable bonds is 1. The fraction of sp³-hybridized carbons (Fsp3) is 0.467. The molecule has 0 radical (unpaired) electrons. The van der Waals surface area contributed by atoms with Crippen LogP contribution in [-0.4, -0.2) is 61.5 Å². The maximum Gasteiger partial charge on any atom is 0.430 e. The van der Waals surface area contributed by atoms with Gasteiger partial charge >= 0.3 is 12.3 Å². The van der Waals surface area contributed by atoms with Crippen molar-refractivity contribution in [1.82, 2.24) is 4.98 Å². The number of pyridine rings is 1. The molecule has 2 fully saturated rings. The average Bonchev–Trinajstić information content (AvgIpc) is 3.07. The van der Waals surface area contributed by atoms with E-state index in [0.717, 1.165) is 13.1 Å². The molecular weight excluding hydrogens is 389 g/mol. The first-order chi connectivity index (χ1) is 13.1. The number of halogens is 3. The van der Waals surface area contributed by atoms with E-state index in [0.29, 0.717) is 29.8 Å². The maximum atomic E-state index is 12.1. The highest BCUT2D eigenvalue weighted by Gasteiger charge is 2.42. The summed E-state index contributed by atoms with van der Waals surface area (Å²) in [7, 11) is 0. The van der Waals surface area contributed by atoms with E-state index in [1.165, 1.54) is 4.90 Å². The molecule has 0 saturated carbocycles. The summed E-state index contributed by atoms with van der Waals surface area (Å²) < 4.78 is 42.2. The first-order valence-corrected chi connectivity index (χ1v) is 8.17. The Labute approximate surface area is 155 Å². The molecule has 2 amide bonds. The van der Waals surface area contributed by atoms with Gasteiger partial charge in [0.15, 0.2) is 24.3 Å². The summed E-state index contributed by atoms with van der Waals surface area (Å²) in [6.07, 6.45) is -5.59. The fourth-order valence-corrected chi connectivity index (χ4v) is 2.95. The Balaban J connectivity index is 0.000000279. The van der Waals surface area contributed by atoms with Crippen LogP contribution in [0.4, 0.5) is 29.6 Å². The van der Waals surface area contributed by atoms with E-state index in [9.17, 15) is 22.8 Å². The normalized spacial score (nSPS) is 23.3. The largest absolute Gasteiger partial charge is 0.542 e. The van der Waals surface area contributed by atoms with Crippen molar-refractivity contribution >= 4 is 29.6 Å². The lowest BCUT2D eigenvalue weighted by Crippen LogP contribution is -2.82. The summed E-state index contributed by atoms with van der Waals surface area (Å²) in [5, 5.41) is 13.6. The van der Waals surface area contributed by atoms with Gasteiger partial charge < -0.3 is 30.0 Å². The molecule has 1 aromatic rings. The monoisotopic (exact) mass is 404 g/mol. The Hall–Kier alpha value is -3.09. The summed E-state index contributed by atoms with van der Waals surface area (Å²) in [5.41, 5.74) is 0. The highest BCUT2D eigenvalue weighted by Crippen LogP contribution is 2.30. The van der Waals surface area contributed by atoms with E-state index >= 15 is 0 Å². The molecule has 28 heavy (non-hydrogen) atoms. The molecule has 10 nitrogen and oxygen atoms in total. The number of hydrogen-bond acceptors (Lipinski definition) is 7. The molecule has 4 heterocycles. The van der Waals surface area contributed by atoms with E-state index in [1.807, 2.05) is 0 Å². The zero-order chi connectivity index (χ0) is 20.5. The molecule has 3 aliphatic heterocycles. The van der Waals surface area contributed by atoms with Crippen LogP contribution in [0, 0.1) is 5.92 Å². The molecule has 0 spiro atoms. The third-order valence-corrected chi connectivity index (χ3v) is 4.25. The van der Waals surface area contributed by atoms with Crippen molar-refractivity contribution in [1.29, 1.82) is 0 Å². The topological polar surface area (TPSA) is 137 Å².